The van der Waals surface area contributed by atoms with Crippen molar-refractivity contribution in [2.45, 2.75) is 44.6 Å². The van der Waals surface area contributed by atoms with Gasteiger partial charge in [0.1, 0.15) is 12.4 Å². The summed E-state index contributed by atoms with van der Waals surface area (Å²) >= 11 is 0. The van der Waals surface area contributed by atoms with Crippen LogP contribution in [0.5, 0.6) is 5.75 Å². The first-order chi connectivity index (χ1) is 14.8. The maximum absolute atomic E-state index is 12.5. The van der Waals surface area contributed by atoms with Gasteiger partial charge >= 0.3 is 0 Å². The zero-order valence-corrected chi connectivity index (χ0v) is 17.3. The number of ketones is 1. The molecule has 4 rings (SSSR count). The fraction of sp³-hybridized carbons (Fsp3) is 0.250. The second-order valence-corrected chi connectivity index (χ2v) is 8.00. The van der Waals surface area contributed by atoms with Crippen molar-refractivity contribution in [1.29, 1.82) is 0 Å². The van der Waals surface area contributed by atoms with Crippen LogP contribution in [0.2, 0.25) is 0 Å². The number of ether oxygens (including phenoxy) is 1. The Hall–Kier alpha value is -3.13. The highest BCUT2D eigenvalue weighted by Crippen LogP contribution is 2.32. The van der Waals surface area contributed by atoms with Crippen LogP contribution < -0.4 is 4.74 Å². The van der Waals surface area contributed by atoms with E-state index >= 15 is 0 Å². The molecule has 0 aromatic heterocycles. The maximum Gasteiger partial charge on any atom is 0.185 e. The van der Waals surface area contributed by atoms with E-state index < -0.39 is 0 Å². The molecule has 1 fully saturated rings. The lowest BCUT2D eigenvalue weighted by molar-refractivity contribution is 0.104. The molecule has 0 N–H and O–H groups in total. The van der Waals surface area contributed by atoms with Gasteiger partial charge in [-0.05, 0) is 53.7 Å². The third kappa shape index (κ3) is 5.48. The van der Waals surface area contributed by atoms with Gasteiger partial charge in [-0.3, -0.25) is 4.79 Å². The van der Waals surface area contributed by atoms with Crippen LogP contribution in [0, 0.1) is 0 Å². The van der Waals surface area contributed by atoms with E-state index in [1.165, 1.54) is 37.7 Å². The zero-order chi connectivity index (χ0) is 20.6. The smallest absolute Gasteiger partial charge is 0.185 e. The Morgan fingerprint density at radius 1 is 0.833 bits per heavy atom. The summed E-state index contributed by atoms with van der Waals surface area (Å²) in [5, 5.41) is 0. The van der Waals surface area contributed by atoms with Gasteiger partial charge in [-0.25, -0.2) is 0 Å². The third-order valence-corrected chi connectivity index (χ3v) is 5.83. The molecular weight excluding hydrogens is 368 g/mol. The van der Waals surface area contributed by atoms with Gasteiger partial charge in [-0.1, -0.05) is 92.1 Å². The highest BCUT2D eigenvalue weighted by molar-refractivity contribution is 6.06. The van der Waals surface area contributed by atoms with Crippen molar-refractivity contribution >= 4 is 11.9 Å². The Kier molecular flexibility index (Phi) is 6.76. The molecule has 2 heteroatoms. The van der Waals surface area contributed by atoms with E-state index in [0.29, 0.717) is 12.5 Å². The van der Waals surface area contributed by atoms with Gasteiger partial charge in [0.05, 0.1) is 0 Å². The SMILES string of the molecule is O=C(/C=C/c1ccc(OCc2ccccc2)cc1)c1ccc(C2CCCCC2)cc1. The van der Waals surface area contributed by atoms with Gasteiger partial charge < -0.3 is 4.74 Å². The minimum Gasteiger partial charge on any atom is -0.489 e. The van der Waals surface area contributed by atoms with Gasteiger partial charge in [-0.2, -0.15) is 0 Å². The highest BCUT2D eigenvalue weighted by atomic mass is 16.5. The maximum atomic E-state index is 12.5. The van der Waals surface area contributed by atoms with Crippen molar-refractivity contribution in [3.05, 3.63) is 107 Å². The standard InChI is InChI=1S/C28H28O2/c29-28(26-16-14-25(15-17-26)24-9-5-2-6-10-24)20-13-22-11-18-27(19-12-22)30-21-23-7-3-1-4-8-23/h1,3-4,7-8,11-20,24H,2,5-6,9-10,21H2/b20-13+. The van der Waals surface area contributed by atoms with E-state index in [1.54, 1.807) is 6.08 Å². The van der Waals surface area contributed by atoms with E-state index in [0.717, 1.165) is 22.4 Å². The summed E-state index contributed by atoms with van der Waals surface area (Å²) in [6.45, 7) is 0.547. The average molecular weight is 397 g/mol. The molecule has 0 aliphatic heterocycles. The average Bonchev–Trinajstić information content (AvgIpc) is 2.83. The van der Waals surface area contributed by atoms with Crippen molar-refractivity contribution in [3.8, 4) is 5.75 Å². The molecule has 0 saturated heterocycles. The Morgan fingerprint density at radius 2 is 1.53 bits per heavy atom. The summed E-state index contributed by atoms with van der Waals surface area (Å²) in [7, 11) is 0. The lowest BCUT2D eigenvalue weighted by Crippen LogP contribution is -2.05. The van der Waals surface area contributed by atoms with Gasteiger partial charge in [0, 0.05) is 5.56 Å². The second kappa shape index (κ2) is 10.1. The lowest BCUT2D eigenvalue weighted by Gasteiger charge is -2.21. The Morgan fingerprint density at radius 3 is 2.23 bits per heavy atom. The largest absolute Gasteiger partial charge is 0.489 e. The summed E-state index contributed by atoms with van der Waals surface area (Å²) in [5.74, 6) is 1.52. The number of rotatable bonds is 7. The fourth-order valence-corrected chi connectivity index (χ4v) is 4.04. The first-order valence-electron chi connectivity index (χ1n) is 10.9. The normalized spacial score (nSPS) is 14.7. The molecule has 0 unspecified atom stereocenters. The first kappa shape index (κ1) is 20.2. The Labute approximate surface area is 179 Å². The monoisotopic (exact) mass is 396 g/mol. The molecule has 1 aliphatic carbocycles. The topological polar surface area (TPSA) is 26.3 Å². The summed E-state index contributed by atoms with van der Waals surface area (Å²) in [4.78, 5) is 12.5. The van der Waals surface area contributed by atoms with Crippen LogP contribution in [-0.2, 0) is 6.61 Å². The predicted molar refractivity (Wildman–Crippen MR) is 123 cm³/mol. The van der Waals surface area contributed by atoms with E-state index in [1.807, 2.05) is 72.8 Å². The number of carbonyl (C=O) groups is 1. The van der Waals surface area contributed by atoms with Gasteiger partial charge in [-0.15, -0.1) is 0 Å². The van der Waals surface area contributed by atoms with Gasteiger partial charge in [0.25, 0.3) is 0 Å². The van der Waals surface area contributed by atoms with E-state index in [4.69, 9.17) is 4.74 Å². The van der Waals surface area contributed by atoms with Crippen LogP contribution in [-0.4, -0.2) is 5.78 Å². The molecule has 3 aromatic carbocycles. The van der Waals surface area contributed by atoms with Crippen molar-refractivity contribution in [2.75, 3.05) is 0 Å². The molecule has 3 aromatic rings. The lowest BCUT2D eigenvalue weighted by atomic mass is 9.84. The van der Waals surface area contributed by atoms with Crippen LogP contribution in [0.3, 0.4) is 0 Å². The molecule has 0 radical (unpaired) electrons. The highest BCUT2D eigenvalue weighted by Gasteiger charge is 2.15. The minimum absolute atomic E-state index is 0.0367. The summed E-state index contributed by atoms with van der Waals surface area (Å²) in [5.41, 5.74) is 4.24. The van der Waals surface area contributed by atoms with Gasteiger partial charge in [0.2, 0.25) is 0 Å². The van der Waals surface area contributed by atoms with Crippen LogP contribution in [0.1, 0.15) is 65.1 Å². The number of hydrogen-bond donors (Lipinski definition) is 0. The third-order valence-electron chi connectivity index (χ3n) is 5.83. The molecule has 30 heavy (non-hydrogen) atoms. The fourth-order valence-electron chi connectivity index (χ4n) is 4.04. The van der Waals surface area contributed by atoms with Crippen LogP contribution in [0.4, 0.5) is 0 Å². The zero-order valence-electron chi connectivity index (χ0n) is 17.3. The molecule has 0 heterocycles. The van der Waals surface area contributed by atoms with Crippen molar-refractivity contribution in [2.24, 2.45) is 0 Å². The van der Waals surface area contributed by atoms with E-state index in [2.05, 4.69) is 12.1 Å². The van der Waals surface area contributed by atoms with Crippen molar-refractivity contribution < 1.29 is 9.53 Å². The Balaban J connectivity index is 1.32. The van der Waals surface area contributed by atoms with E-state index in [-0.39, 0.29) is 5.78 Å². The summed E-state index contributed by atoms with van der Waals surface area (Å²) in [6, 6.07) is 26.1. The molecule has 1 saturated carbocycles. The molecule has 0 spiro atoms. The molecule has 0 bridgehead atoms. The second-order valence-electron chi connectivity index (χ2n) is 8.00. The van der Waals surface area contributed by atoms with Crippen molar-refractivity contribution in [3.63, 3.8) is 0 Å². The molecule has 0 amide bonds. The number of carbonyl (C=O) groups excluding carboxylic acids is 1. The Bertz CT molecular complexity index is 963. The first-order valence-corrected chi connectivity index (χ1v) is 10.9. The van der Waals surface area contributed by atoms with E-state index in [9.17, 15) is 4.79 Å². The van der Waals surface area contributed by atoms with Crippen molar-refractivity contribution in [1.82, 2.24) is 0 Å². The molecule has 152 valence electrons. The molecular formula is C28H28O2. The van der Waals surface area contributed by atoms with Crippen LogP contribution >= 0.6 is 0 Å². The van der Waals surface area contributed by atoms with Gasteiger partial charge in [0.15, 0.2) is 5.78 Å². The predicted octanol–water partition coefficient (Wildman–Crippen LogP) is 7.21. The summed E-state index contributed by atoms with van der Waals surface area (Å²) in [6.07, 6.45) is 10.1. The molecule has 0 atom stereocenters. The number of hydrogen-bond acceptors (Lipinski definition) is 2. The minimum atomic E-state index is 0.0367. The van der Waals surface area contributed by atoms with Crippen LogP contribution in [0.15, 0.2) is 84.9 Å². The number of benzene rings is 3. The molecule has 2 nitrogen and oxygen atoms in total. The summed E-state index contributed by atoms with van der Waals surface area (Å²) < 4.78 is 5.81. The van der Waals surface area contributed by atoms with Crippen LogP contribution in [0.25, 0.3) is 6.08 Å². The molecule has 1 aliphatic rings. The quantitative estimate of drug-likeness (QED) is 0.311. The number of allylic oxidation sites excluding steroid dienone is 1.